The molecule has 0 aliphatic rings. The van der Waals surface area contributed by atoms with Gasteiger partial charge in [0.05, 0.1) is 6.10 Å². The molecule has 0 aliphatic carbocycles. The molecule has 2 heterocycles. The molecule has 0 fully saturated rings. The van der Waals surface area contributed by atoms with Crippen LogP contribution in [0.4, 0.5) is 0 Å². The van der Waals surface area contributed by atoms with E-state index in [2.05, 4.69) is 41.2 Å². The van der Waals surface area contributed by atoms with Gasteiger partial charge in [-0.05, 0) is 43.7 Å². The topological polar surface area (TPSA) is 85.5 Å². The van der Waals surface area contributed by atoms with E-state index in [1.165, 1.54) is 11.9 Å². The third-order valence-electron chi connectivity index (χ3n) is 5.83. The number of rotatable bonds is 11. The molecule has 0 saturated carbocycles. The van der Waals surface area contributed by atoms with Crippen molar-refractivity contribution in [1.82, 2.24) is 9.97 Å². The predicted molar refractivity (Wildman–Crippen MR) is 133 cm³/mol. The number of carboxylic acid groups (broad SMARTS) is 1. The molecule has 1 atom stereocenters. The zero-order valence-electron chi connectivity index (χ0n) is 19.7. The molecule has 0 saturated heterocycles. The van der Waals surface area contributed by atoms with E-state index in [9.17, 15) is 4.79 Å². The van der Waals surface area contributed by atoms with Crippen molar-refractivity contribution >= 4 is 17.1 Å². The first-order valence-electron chi connectivity index (χ1n) is 11.9. The summed E-state index contributed by atoms with van der Waals surface area (Å²) >= 11 is 0. The van der Waals surface area contributed by atoms with Gasteiger partial charge >= 0.3 is 5.97 Å². The third-order valence-corrected chi connectivity index (χ3v) is 5.83. The fraction of sp³-hybridized carbons (Fsp3) is 0.321. The first-order valence-corrected chi connectivity index (χ1v) is 11.9. The van der Waals surface area contributed by atoms with Crippen LogP contribution in [0.2, 0.25) is 0 Å². The summed E-state index contributed by atoms with van der Waals surface area (Å²) in [5.74, 6) is 0.445. The summed E-state index contributed by atoms with van der Waals surface area (Å²) in [7, 11) is 0. The maximum absolute atomic E-state index is 10.8. The Bertz CT molecular complexity index is 1230. The number of benzene rings is 2. The highest BCUT2D eigenvalue weighted by Crippen LogP contribution is 2.43. The highest BCUT2D eigenvalue weighted by Gasteiger charge is 2.23. The number of unbranched alkanes of at least 4 members (excludes halogenated alkanes) is 1. The molecule has 0 aliphatic heterocycles. The molecule has 1 N–H and O–H groups in total. The molecular weight excluding hydrogens is 428 g/mol. The van der Waals surface area contributed by atoms with Gasteiger partial charge in [-0.15, -0.1) is 0 Å². The minimum Gasteiger partial charge on any atom is -0.481 e. The summed E-state index contributed by atoms with van der Waals surface area (Å²) in [5, 5.41) is 9.61. The number of carboxylic acids is 1. The van der Waals surface area contributed by atoms with Gasteiger partial charge in [-0.1, -0.05) is 67.9 Å². The first kappa shape index (κ1) is 23.5. The second-order valence-electron chi connectivity index (χ2n) is 8.55. The lowest BCUT2D eigenvalue weighted by Gasteiger charge is -2.14. The fourth-order valence-electron chi connectivity index (χ4n) is 4.15. The van der Waals surface area contributed by atoms with E-state index in [4.69, 9.17) is 14.3 Å². The molecule has 4 rings (SSSR count). The van der Waals surface area contributed by atoms with Crippen LogP contribution in [0.5, 0.6) is 5.88 Å². The van der Waals surface area contributed by atoms with Crippen LogP contribution in [-0.4, -0.2) is 27.1 Å². The van der Waals surface area contributed by atoms with Gasteiger partial charge in [-0.25, -0.2) is 9.97 Å². The number of hydrogen-bond donors (Lipinski definition) is 1. The number of carbonyl (C=O) groups is 1. The molecule has 2 aromatic carbocycles. The van der Waals surface area contributed by atoms with E-state index < -0.39 is 5.97 Å². The largest absolute Gasteiger partial charge is 0.481 e. The number of hydrogen-bond acceptors (Lipinski definition) is 5. The van der Waals surface area contributed by atoms with Gasteiger partial charge < -0.3 is 14.3 Å². The van der Waals surface area contributed by atoms with E-state index in [-0.39, 0.29) is 12.5 Å². The van der Waals surface area contributed by atoms with Crippen molar-refractivity contribution in [1.29, 1.82) is 0 Å². The van der Waals surface area contributed by atoms with Crippen LogP contribution < -0.4 is 4.74 Å². The molecule has 0 spiro atoms. The molecule has 0 radical (unpaired) electrons. The number of ether oxygens (including phenoxy) is 1. The van der Waals surface area contributed by atoms with Crippen LogP contribution in [-0.2, 0) is 11.2 Å². The third kappa shape index (κ3) is 5.45. The smallest absolute Gasteiger partial charge is 0.303 e. The summed E-state index contributed by atoms with van der Waals surface area (Å²) in [5.41, 5.74) is 4.67. The van der Waals surface area contributed by atoms with Crippen LogP contribution in [0.3, 0.4) is 0 Å². The van der Waals surface area contributed by atoms with Gasteiger partial charge in [0.2, 0.25) is 11.6 Å². The molecule has 2 aromatic heterocycles. The van der Waals surface area contributed by atoms with E-state index in [1.54, 1.807) is 0 Å². The van der Waals surface area contributed by atoms with Gasteiger partial charge in [0.1, 0.15) is 17.5 Å². The zero-order valence-corrected chi connectivity index (χ0v) is 19.7. The average Bonchev–Trinajstić information content (AvgIpc) is 3.24. The number of aliphatic carboxylic acids is 1. The Morgan fingerprint density at radius 1 is 1.03 bits per heavy atom. The Labute approximate surface area is 199 Å². The summed E-state index contributed by atoms with van der Waals surface area (Å²) in [6.07, 6.45) is 5.78. The maximum Gasteiger partial charge on any atom is 0.303 e. The molecular formula is C28H30N2O4. The Morgan fingerprint density at radius 2 is 1.79 bits per heavy atom. The van der Waals surface area contributed by atoms with Crippen LogP contribution in [0, 0.1) is 0 Å². The average molecular weight is 459 g/mol. The van der Waals surface area contributed by atoms with E-state index >= 15 is 0 Å². The van der Waals surface area contributed by atoms with Crippen molar-refractivity contribution in [3.63, 3.8) is 0 Å². The highest BCUT2D eigenvalue weighted by atomic mass is 16.5. The SMILES string of the molecule is CCCc1ccc(-c2c(-c3ccccc3)oc3ncnc(OC(C)CCCCC(=O)O)c23)cc1. The Kier molecular flexibility index (Phi) is 7.58. The fourth-order valence-corrected chi connectivity index (χ4v) is 4.15. The second kappa shape index (κ2) is 11.0. The molecule has 1 unspecified atom stereocenters. The van der Waals surface area contributed by atoms with Crippen LogP contribution in [0.25, 0.3) is 33.6 Å². The van der Waals surface area contributed by atoms with Crippen molar-refractivity contribution in [2.24, 2.45) is 0 Å². The van der Waals surface area contributed by atoms with Gasteiger partial charge in [-0.3, -0.25) is 4.79 Å². The number of fused-ring (bicyclic) bond motifs is 1. The normalized spacial score (nSPS) is 12.1. The Hall–Kier alpha value is -3.67. The van der Waals surface area contributed by atoms with E-state index in [0.29, 0.717) is 18.0 Å². The summed E-state index contributed by atoms with van der Waals surface area (Å²) in [4.78, 5) is 19.6. The Balaban J connectivity index is 1.73. The molecule has 176 valence electrons. The number of aromatic nitrogens is 2. The van der Waals surface area contributed by atoms with Gasteiger partial charge in [0.25, 0.3) is 0 Å². The van der Waals surface area contributed by atoms with Crippen molar-refractivity contribution in [3.8, 4) is 28.3 Å². The summed E-state index contributed by atoms with van der Waals surface area (Å²) < 4.78 is 12.5. The number of nitrogens with zero attached hydrogens (tertiary/aromatic N) is 2. The minimum absolute atomic E-state index is 0.123. The zero-order chi connectivity index (χ0) is 23.9. The lowest BCUT2D eigenvalue weighted by Crippen LogP contribution is -2.13. The number of aryl methyl sites for hydroxylation is 1. The summed E-state index contributed by atoms with van der Waals surface area (Å²) in [6, 6.07) is 18.5. The first-order chi connectivity index (χ1) is 16.6. The molecule has 6 heteroatoms. The van der Waals surface area contributed by atoms with Crippen molar-refractivity contribution in [2.75, 3.05) is 0 Å². The van der Waals surface area contributed by atoms with E-state index in [0.717, 1.165) is 53.5 Å². The predicted octanol–water partition coefficient (Wildman–Crippen LogP) is 6.92. The highest BCUT2D eigenvalue weighted by molar-refractivity contribution is 6.03. The molecule has 34 heavy (non-hydrogen) atoms. The quantitative estimate of drug-likeness (QED) is 0.246. The maximum atomic E-state index is 10.8. The van der Waals surface area contributed by atoms with Crippen molar-refractivity contribution < 1.29 is 19.1 Å². The monoisotopic (exact) mass is 458 g/mol. The number of furan rings is 1. The van der Waals surface area contributed by atoms with E-state index in [1.807, 2.05) is 37.3 Å². The van der Waals surface area contributed by atoms with Gasteiger partial charge in [0, 0.05) is 17.5 Å². The Morgan fingerprint density at radius 3 is 2.50 bits per heavy atom. The second-order valence-corrected chi connectivity index (χ2v) is 8.55. The summed E-state index contributed by atoms with van der Waals surface area (Å²) in [6.45, 7) is 4.15. The van der Waals surface area contributed by atoms with Crippen molar-refractivity contribution in [2.45, 2.75) is 58.5 Å². The van der Waals surface area contributed by atoms with Crippen LogP contribution >= 0.6 is 0 Å². The molecule has 0 amide bonds. The lowest BCUT2D eigenvalue weighted by atomic mass is 9.98. The van der Waals surface area contributed by atoms with Gasteiger partial charge in [-0.2, -0.15) is 0 Å². The minimum atomic E-state index is -0.771. The van der Waals surface area contributed by atoms with Crippen LogP contribution in [0.15, 0.2) is 65.3 Å². The van der Waals surface area contributed by atoms with Gasteiger partial charge in [0.15, 0.2) is 0 Å². The van der Waals surface area contributed by atoms with Crippen LogP contribution in [0.1, 0.15) is 51.5 Å². The van der Waals surface area contributed by atoms with Crippen molar-refractivity contribution in [3.05, 3.63) is 66.5 Å². The lowest BCUT2D eigenvalue weighted by molar-refractivity contribution is -0.137. The molecule has 6 nitrogen and oxygen atoms in total. The standard InChI is InChI=1S/C28H30N2O4/c1-3-9-20-14-16-21(17-15-20)24-25-27(33-19(2)10-7-8-13-23(31)32)29-18-30-28(25)34-26(24)22-11-5-4-6-12-22/h4-6,11-12,14-19H,3,7-10,13H2,1-2H3,(H,31,32). The molecule has 4 aromatic rings. The molecule has 0 bridgehead atoms.